The van der Waals surface area contributed by atoms with Crippen LogP contribution in [0.1, 0.15) is 31.7 Å². The summed E-state index contributed by atoms with van der Waals surface area (Å²) in [6.45, 7) is 5.72. The third kappa shape index (κ3) is 4.70. The second-order valence-electron chi connectivity index (χ2n) is 6.18. The van der Waals surface area contributed by atoms with Crippen molar-refractivity contribution in [2.24, 2.45) is 0 Å². The Kier molecular flexibility index (Phi) is 6.23. The van der Waals surface area contributed by atoms with Crippen LogP contribution >= 0.6 is 0 Å². The van der Waals surface area contributed by atoms with Gasteiger partial charge in [-0.2, -0.15) is 4.31 Å². The Morgan fingerprint density at radius 3 is 2.42 bits per heavy atom. The van der Waals surface area contributed by atoms with Crippen LogP contribution in [0.2, 0.25) is 0 Å². The maximum Gasteiger partial charge on any atom is 0.260 e. The van der Waals surface area contributed by atoms with Gasteiger partial charge in [0.1, 0.15) is 5.75 Å². The van der Waals surface area contributed by atoms with E-state index in [1.54, 1.807) is 4.90 Å². The Morgan fingerprint density at radius 2 is 1.83 bits per heavy atom. The molecule has 0 N–H and O–H groups in total. The molecule has 0 unspecified atom stereocenters. The summed E-state index contributed by atoms with van der Waals surface area (Å²) in [5.74, 6) is 1.01. The summed E-state index contributed by atoms with van der Waals surface area (Å²) in [5, 5.41) is 0. The van der Waals surface area contributed by atoms with Gasteiger partial charge in [-0.1, -0.05) is 32.0 Å². The molecule has 0 radical (unpaired) electrons. The van der Waals surface area contributed by atoms with Gasteiger partial charge in [0, 0.05) is 26.2 Å². The minimum Gasteiger partial charge on any atom is -0.483 e. The predicted octanol–water partition coefficient (Wildman–Crippen LogP) is 1.68. The van der Waals surface area contributed by atoms with Gasteiger partial charge < -0.3 is 9.64 Å². The van der Waals surface area contributed by atoms with E-state index in [2.05, 4.69) is 13.8 Å². The largest absolute Gasteiger partial charge is 0.483 e. The molecule has 1 aliphatic rings. The van der Waals surface area contributed by atoms with Crippen molar-refractivity contribution in [3.8, 4) is 5.75 Å². The fourth-order valence-electron chi connectivity index (χ4n) is 2.74. The Morgan fingerprint density at radius 1 is 1.21 bits per heavy atom. The van der Waals surface area contributed by atoms with Crippen LogP contribution in [0.3, 0.4) is 0 Å². The number of piperazine rings is 1. The molecule has 1 aliphatic heterocycles. The summed E-state index contributed by atoms with van der Waals surface area (Å²) in [5.41, 5.74) is 1.11. The smallest absolute Gasteiger partial charge is 0.260 e. The Balaban J connectivity index is 1.91. The van der Waals surface area contributed by atoms with Crippen molar-refractivity contribution in [1.82, 2.24) is 9.21 Å². The SMILES string of the molecule is CC[C@@H](C)c1ccccc1OCC(=O)N1CCN(S(C)(=O)=O)CC1. The van der Waals surface area contributed by atoms with Crippen molar-refractivity contribution in [2.75, 3.05) is 39.0 Å². The van der Waals surface area contributed by atoms with E-state index in [4.69, 9.17) is 4.74 Å². The van der Waals surface area contributed by atoms with Gasteiger partial charge in [0.15, 0.2) is 6.61 Å². The summed E-state index contributed by atoms with van der Waals surface area (Å²) in [6.07, 6.45) is 2.20. The molecule has 1 saturated heterocycles. The van der Waals surface area contributed by atoms with Crippen LogP contribution in [0.5, 0.6) is 5.75 Å². The normalized spacial score (nSPS) is 17.5. The number of para-hydroxylation sites is 1. The number of carbonyl (C=O) groups is 1. The van der Waals surface area contributed by atoms with E-state index in [9.17, 15) is 13.2 Å². The fourth-order valence-corrected chi connectivity index (χ4v) is 3.57. The van der Waals surface area contributed by atoms with E-state index in [0.717, 1.165) is 17.7 Å². The lowest BCUT2D eigenvalue weighted by Gasteiger charge is -2.33. The predicted molar refractivity (Wildman–Crippen MR) is 93.6 cm³/mol. The molecule has 0 aliphatic carbocycles. The van der Waals surface area contributed by atoms with Crippen LogP contribution in [0.25, 0.3) is 0 Å². The summed E-state index contributed by atoms with van der Waals surface area (Å²) < 4.78 is 30.1. The second-order valence-corrected chi connectivity index (χ2v) is 8.16. The van der Waals surface area contributed by atoms with Crippen LogP contribution in [0.4, 0.5) is 0 Å². The number of hydrogen-bond acceptors (Lipinski definition) is 4. The first-order chi connectivity index (χ1) is 11.3. The third-order valence-electron chi connectivity index (χ3n) is 4.47. The monoisotopic (exact) mass is 354 g/mol. The highest BCUT2D eigenvalue weighted by Crippen LogP contribution is 2.28. The van der Waals surface area contributed by atoms with E-state index in [-0.39, 0.29) is 12.5 Å². The molecule has 1 heterocycles. The van der Waals surface area contributed by atoms with Crippen LogP contribution < -0.4 is 4.74 Å². The molecular formula is C17H26N2O4S. The van der Waals surface area contributed by atoms with Gasteiger partial charge in [0.05, 0.1) is 6.26 Å². The molecule has 0 spiro atoms. The minimum atomic E-state index is -3.18. The lowest BCUT2D eigenvalue weighted by Crippen LogP contribution is -2.51. The van der Waals surface area contributed by atoms with Gasteiger partial charge in [-0.15, -0.1) is 0 Å². The molecule has 1 aromatic carbocycles. The van der Waals surface area contributed by atoms with Crippen LogP contribution in [0.15, 0.2) is 24.3 Å². The number of sulfonamides is 1. The standard InChI is InChI=1S/C17H26N2O4S/c1-4-14(2)15-7-5-6-8-16(15)23-13-17(20)18-9-11-19(12-10-18)24(3,21)22/h5-8,14H,4,9-13H2,1-3H3/t14-/m1/s1. The summed E-state index contributed by atoms with van der Waals surface area (Å²) in [4.78, 5) is 14.0. The number of rotatable bonds is 6. The highest BCUT2D eigenvalue weighted by atomic mass is 32.2. The molecule has 6 nitrogen and oxygen atoms in total. The number of carbonyl (C=O) groups excluding carboxylic acids is 1. The average molecular weight is 354 g/mol. The van der Waals surface area contributed by atoms with Crippen molar-refractivity contribution in [3.05, 3.63) is 29.8 Å². The molecule has 1 atom stereocenters. The average Bonchev–Trinajstić information content (AvgIpc) is 2.58. The Bertz CT molecular complexity index is 667. The zero-order chi connectivity index (χ0) is 17.7. The molecule has 0 bridgehead atoms. The maximum absolute atomic E-state index is 12.3. The highest BCUT2D eigenvalue weighted by Gasteiger charge is 2.26. The van der Waals surface area contributed by atoms with Crippen LogP contribution in [-0.2, 0) is 14.8 Å². The highest BCUT2D eigenvalue weighted by molar-refractivity contribution is 7.88. The van der Waals surface area contributed by atoms with E-state index in [0.29, 0.717) is 32.1 Å². The molecular weight excluding hydrogens is 328 g/mol. The van der Waals surface area contributed by atoms with Gasteiger partial charge in [0.25, 0.3) is 5.91 Å². The van der Waals surface area contributed by atoms with E-state index in [1.807, 2.05) is 24.3 Å². The van der Waals surface area contributed by atoms with Gasteiger partial charge in [0.2, 0.25) is 10.0 Å². The van der Waals surface area contributed by atoms with Gasteiger partial charge in [-0.05, 0) is 24.0 Å². The quantitative estimate of drug-likeness (QED) is 0.780. The lowest BCUT2D eigenvalue weighted by molar-refractivity contribution is -0.134. The zero-order valence-electron chi connectivity index (χ0n) is 14.6. The van der Waals surface area contributed by atoms with Crippen molar-refractivity contribution in [1.29, 1.82) is 0 Å². The first kappa shape index (κ1) is 18.7. The first-order valence-corrected chi connectivity index (χ1v) is 10.1. The minimum absolute atomic E-state index is 0.0215. The Hall–Kier alpha value is -1.60. The van der Waals surface area contributed by atoms with Gasteiger partial charge in [-0.3, -0.25) is 4.79 Å². The number of ether oxygens (including phenoxy) is 1. The van der Waals surface area contributed by atoms with Crippen molar-refractivity contribution in [3.63, 3.8) is 0 Å². The summed E-state index contributed by atoms with van der Waals surface area (Å²) >= 11 is 0. The van der Waals surface area contributed by atoms with Crippen LogP contribution in [-0.4, -0.2) is 62.6 Å². The molecule has 0 saturated carbocycles. The van der Waals surface area contributed by atoms with E-state index in [1.165, 1.54) is 10.6 Å². The van der Waals surface area contributed by atoms with Crippen molar-refractivity contribution >= 4 is 15.9 Å². The maximum atomic E-state index is 12.3. The number of hydrogen-bond donors (Lipinski definition) is 0. The Labute approximate surface area is 144 Å². The molecule has 134 valence electrons. The number of nitrogens with zero attached hydrogens (tertiary/aromatic N) is 2. The second kappa shape index (κ2) is 7.98. The number of benzene rings is 1. The molecule has 2 rings (SSSR count). The molecule has 24 heavy (non-hydrogen) atoms. The third-order valence-corrected chi connectivity index (χ3v) is 5.78. The van der Waals surface area contributed by atoms with Gasteiger partial charge in [-0.25, -0.2) is 8.42 Å². The topological polar surface area (TPSA) is 66.9 Å². The molecule has 1 amide bonds. The van der Waals surface area contributed by atoms with Crippen LogP contribution in [0, 0.1) is 0 Å². The van der Waals surface area contributed by atoms with E-state index < -0.39 is 10.0 Å². The molecule has 7 heteroatoms. The fraction of sp³-hybridized carbons (Fsp3) is 0.588. The number of amides is 1. The molecule has 1 aromatic rings. The molecule has 1 fully saturated rings. The lowest BCUT2D eigenvalue weighted by atomic mass is 9.98. The van der Waals surface area contributed by atoms with E-state index >= 15 is 0 Å². The first-order valence-electron chi connectivity index (χ1n) is 8.27. The van der Waals surface area contributed by atoms with Crippen molar-refractivity contribution < 1.29 is 17.9 Å². The molecule has 0 aromatic heterocycles. The van der Waals surface area contributed by atoms with Gasteiger partial charge >= 0.3 is 0 Å². The van der Waals surface area contributed by atoms with Crippen molar-refractivity contribution in [2.45, 2.75) is 26.2 Å². The summed E-state index contributed by atoms with van der Waals surface area (Å²) in [6, 6.07) is 7.78. The summed E-state index contributed by atoms with van der Waals surface area (Å²) in [7, 11) is -3.18. The zero-order valence-corrected chi connectivity index (χ0v) is 15.4.